The Morgan fingerprint density at radius 1 is 1.55 bits per heavy atom. The van der Waals surface area contributed by atoms with Crippen LogP contribution >= 0.6 is 15.9 Å². The quantitative estimate of drug-likeness (QED) is 0.646. The van der Waals surface area contributed by atoms with E-state index in [1.165, 1.54) is 13.2 Å². The third kappa shape index (κ3) is 2.56. The van der Waals surface area contributed by atoms with E-state index in [0.717, 1.165) is 10.2 Å². The summed E-state index contributed by atoms with van der Waals surface area (Å²) in [5.41, 5.74) is 3.74. The van der Waals surface area contributed by atoms with Gasteiger partial charge in [0.1, 0.15) is 11.6 Å². The molecule has 7 heteroatoms. The van der Waals surface area contributed by atoms with Crippen LogP contribution in [0.2, 0.25) is 0 Å². The number of aromatic nitrogens is 2. The number of ether oxygens (including phenoxy) is 1. The minimum absolute atomic E-state index is 0.355. The third-order valence-corrected chi connectivity index (χ3v) is 3.71. The zero-order valence-corrected chi connectivity index (χ0v) is 12.8. The van der Waals surface area contributed by atoms with Crippen molar-refractivity contribution in [3.63, 3.8) is 0 Å². The Hall–Kier alpha value is -1.44. The van der Waals surface area contributed by atoms with Crippen molar-refractivity contribution in [2.45, 2.75) is 19.5 Å². The van der Waals surface area contributed by atoms with Gasteiger partial charge in [0.05, 0.1) is 35.1 Å². The van der Waals surface area contributed by atoms with Crippen LogP contribution in [0.3, 0.4) is 0 Å². The number of benzene rings is 1. The standard InChI is InChI=1S/C13H16BrFN4O/c1-3-19-13(8(14)7-17-19)12(18-16)11-9(15)5-4-6-10(11)20-2/h4-7,12,18H,3,16H2,1-2H3. The van der Waals surface area contributed by atoms with Crippen LogP contribution in [0.15, 0.2) is 28.9 Å². The lowest BCUT2D eigenvalue weighted by molar-refractivity contribution is 0.394. The lowest BCUT2D eigenvalue weighted by Gasteiger charge is -2.21. The summed E-state index contributed by atoms with van der Waals surface area (Å²) in [5, 5.41) is 4.22. The molecule has 0 aliphatic heterocycles. The summed E-state index contributed by atoms with van der Waals surface area (Å²) in [6.07, 6.45) is 1.66. The van der Waals surface area contributed by atoms with Gasteiger partial charge >= 0.3 is 0 Å². The minimum atomic E-state index is -0.567. The van der Waals surface area contributed by atoms with E-state index >= 15 is 0 Å². The Balaban J connectivity index is 2.61. The highest BCUT2D eigenvalue weighted by Gasteiger charge is 2.26. The van der Waals surface area contributed by atoms with Gasteiger partial charge in [-0.3, -0.25) is 10.5 Å². The molecule has 1 heterocycles. The molecule has 20 heavy (non-hydrogen) atoms. The largest absolute Gasteiger partial charge is 0.496 e. The molecule has 0 saturated heterocycles. The number of halogens is 2. The van der Waals surface area contributed by atoms with Crippen molar-refractivity contribution < 1.29 is 9.13 Å². The van der Waals surface area contributed by atoms with Crippen LogP contribution in [0.5, 0.6) is 5.75 Å². The number of hydrogen-bond acceptors (Lipinski definition) is 4. The fraction of sp³-hybridized carbons (Fsp3) is 0.308. The van der Waals surface area contributed by atoms with Crippen LogP contribution < -0.4 is 16.0 Å². The first kappa shape index (κ1) is 15.0. The molecule has 0 radical (unpaired) electrons. The Morgan fingerprint density at radius 3 is 2.90 bits per heavy atom. The maximum absolute atomic E-state index is 14.2. The van der Waals surface area contributed by atoms with Gasteiger partial charge < -0.3 is 4.74 Å². The molecule has 0 bridgehead atoms. The average molecular weight is 343 g/mol. The van der Waals surface area contributed by atoms with Gasteiger partial charge in [-0.1, -0.05) is 6.07 Å². The number of aryl methyl sites for hydroxylation is 1. The molecular formula is C13H16BrFN4O. The van der Waals surface area contributed by atoms with E-state index in [9.17, 15) is 4.39 Å². The van der Waals surface area contributed by atoms with E-state index in [-0.39, 0.29) is 5.82 Å². The topological polar surface area (TPSA) is 65.1 Å². The maximum atomic E-state index is 14.2. The second kappa shape index (κ2) is 6.34. The lowest BCUT2D eigenvalue weighted by atomic mass is 10.0. The average Bonchev–Trinajstić information content (AvgIpc) is 2.82. The van der Waals surface area contributed by atoms with Gasteiger partial charge in [0.2, 0.25) is 0 Å². The highest BCUT2D eigenvalue weighted by atomic mass is 79.9. The molecule has 0 amide bonds. The van der Waals surface area contributed by atoms with Crippen LogP contribution in [0.4, 0.5) is 4.39 Å². The molecule has 1 aromatic carbocycles. The van der Waals surface area contributed by atoms with Gasteiger partial charge in [0.15, 0.2) is 0 Å². The van der Waals surface area contributed by atoms with Crippen molar-refractivity contribution in [2.75, 3.05) is 7.11 Å². The molecule has 0 spiro atoms. The summed E-state index contributed by atoms with van der Waals surface area (Å²) < 4.78 is 22.0. The van der Waals surface area contributed by atoms with E-state index in [2.05, 4.69) is 26.5 Å². The lowest BCUT2D eigenvalue weighted by Crippen LogP contribution is -2.32. The summed E-state index contributed by atoms with van der Waals surface area (Å²) >= 11 is 3.43. The Bertz CT molecular complexity index is 602. The first-order valence-corrected chi connectivity index (χ1v) is 6.93. The normalized spacial score (nSPS) is 12.4. The molecule has 0 aliphatic carbocycles. The highest BCUT2D eigenvalue weighted by Crippen LogP contribution is 2.34. The molecule has 0 aliphatic rings. The molecule has 1 atom stereocenters. The molecule has 0 saturated carbocycles. The van der Waals surface area contributed by atoms with Crippen molar-refractivity contribution in [1.82, 2.24) is 15.2 Å². The smallest absolute Gasteiger partial charge is 0.132 e. The molecule has 2 rings (SSSR count). The molecule has 3 N–H and O–H groups in total. The number of hydrogen-bond donors (Lipinski definition) is 2. The summed E-state index contributed by atoms with van der Waals surface area (Å²) in [5.74, 6) is 5.69. The molecule has 1 unspecified atom stereocenters. The summed E-state index contributed by atoms with van der Waals surface area (Å²) in [6, 6.07) is 4.10. The number of hydrazine groups is 1. The third-order valence-electron chi connectivity index (χ3n) is 3.09. The van der Waals surface area contributed by atoms with Crippen LogP contribution in [0.25, 0.3) is 0 Å². The van der Waals surface area contributed by atoms with Crippen LogP contribution in [0.1, 0.15) is 24.2 Å². The van der Waals surface area contributed by atoms with Crippen LogP contribution in [-0.2, 0) is 6.54 Å². The summed E-state index contributed by atoms with van der Waals surface area (Å²) in [7, 11) is 1.50. The van der Waals surface area contributed by atoms with Crippen LogP contribution in [-0.4, -0.2) is 16.9 Å². The SMILES string of the molecule is CCn1ncc(Br)c1C(NN)c1c(F)cccc1OC. The Kier molecular flexibility index (Phi) is 4.74. The van der Waals surface area contributed by atoms with Gasteiger partial charge in [-0.05, 0) is 35.0 Å². The summed E-state index contributed by atoms with van der Waals surface area (Å²) in [4.78, 5) is 0. The van der Waals surface area contributed by atoms with Gasteiger partial charge in [0, 0.05) is 6.54 Å². The Morgan fingerprint density at radius 2 is 2.30 bits per heavy atom. The van der Waals surface area contributed by atoms with Gasteiger partial charge in [-0.2, -0.15) is 5.10 Å². The van der Waals surface area contributed by atoms with E-state index in [1.807, 2.05) is 6.92 Å². The number of nitrogens with one attached hydrogen (secondary N) is 1. The second-order valence-corrected chi connectivity index (χ2v) is 5.00. The van der Waals surface area contributed by atoms with Gasteiger partial charge in [0.25, 0.3) is 0 Å². The fourth-order valence-corrected chi connectivity index (χ4v) is 2.71. The number of nitrogens with zero attached hydrogens (tertiary/aromatic N) is 2. The van der Waals surface area contributed by atoms with Gasteiger partial charge in [-0.15, -0.1) is 0 Å². The fourth-order valence-electron chi connectivity index (χ4n) is 2.19. The van der Waals surface area contributed by atoms with E-state index in [0.29, 0.717) is 17.9 Å². The zero-order valence-electron chi connectivity index (χ0n) is 11.2. The van der Waals surface area contributed by atoms with Crippen molar-refractivity contribution in [2.24, 2.45) is 5.84 Å². The highest BCUT2D eigenvalue weighted by molar-refractivity contribution is 9.10. The first-order valence-electron chi connectivity index (χ1n) is 6.13. The number of nitrogens with two attached hydrogens (primary N) is 1. The Labute approximate surface area is 125 Å². The minimum Gasteiger partial charge on any atom is -0.496 e. The monoisotopic (exact) mass is 342 g/mol. The summed E-state index contributed by atoms with van der Waals surface area (Å²) in [6.45, 7) is 2.60. The van der Waals surface area contributed by atoms with E-state index in [4.69, 9.17) is 10.6 Å². The van der Waals surface area contributed by atoms with E-state index < -0.39 is 6.04 Å². The maximum Gasteiger partial charge on any atom is 0.132 e. The van der Waals surface area contributed by atoms with E-state index in [1.54, 1.807) is 23.0 Å². The molecule has 108 valence electrons. The molecule has 5 nitrogen and oxygen atoms in total. The molecule has 2 aromatic rings. The zero-order chi connectivity index (χ0) is 14.7. The van der Waals surface area contributed by atoms with Crippen LogP contribution in [0, 0.1) is 5.82 Å². The van der Waals surface area contributed by atoms with Crippen molar-refractivity contribution in [1.29, 1.82) is 0 Å². The molecule has 0 fully saturated rings. The van der Waals surface area contributed by atoms with Crippen molar-refractivity contribution in [3.8, 4) is 5.75 Å². The van der Waals surface area contributed by atoms with Crippen molar-refractivity contribution >= 4 is 15.9 Å². The first-order chi connectivity index (χ1) is 9.63. The molecular weight excluding hydrogens is 327 g/mol. The van der Waals surface area contributed by atoms with Crippen molar-refractivity contribution in [3.05, 3.63) is 45.9 Å². The number of rotatable bonds is 5. The predicted molar refractivity (Wildman–Crippen MR) is 77.7 cm³/mol. The second-order valence-electron chi connectivity index (χ2n) is 4.15. The number of methoxy groups -OCH3 is 1. The predicted octanol–water partition coefficient (Wildman–Crippen LogP) is 2.37. The van der Waals surface area contributed by atoms with Gasteiger partial charge in [-0.25, -0.2) is 9.82 Å². The molecule has 1 aromatic heterocycles.